The summed E-state index contributed by atoms with van der Waals surface area (Å²) >= 11 is 0. The number of nitrogens with zero attached hydrogens (tertiary/aromatic N) is 5. The molecule has 8 heteroatoms. The summed E-state index contributed by atoms with van der Waals surface area (Å²) in [4.78, 5) is 8.46. The molecular formula is C21H17FN6O. The van der Waals surface area contributed by atoms with E-state index in [2.05, 4.69) is 15.1 Å². The van der Waals surface area contributed by atoms with Crippen LogP contribution in [0.4, 0.5) is 4.39 Å². The molecule has 0 amide bonds. The van der Waals surface area contributed by atoms with E-state index in [1.165, 1.54) is 12.1 Å². The fraction of sp³-hybridized carbons (Fsp3) is 0.143. The molecule has 0 aliphatic rings. The first-order chi connectivity index (χ1) is 14.1. The maximum atomic E-state index is 14.2. The fourth-order valence-electron chi connectivity index (χ4n) is 3.20. The number of nitriles is 1. The molecule has 0 radical (unpaired) electrons. The van der Waals surface area contributed by atoms with Crippen LogP contribution in [0.25, 0.3) is 16.6 Å². The van der Waals surface area contributed by atoms with Crippen LogP contribution in [0.2, 0.25) is 0 Å². The van der Waals surface area contributed by atoms with E-state index in [1.807, 2.05) is 30.3 Å². The number of hydrogen-bond donors (Lipinski definition) is 1. The number of halogens is 1. The highest BCUT2D eigenvalue weighted by Gasteiger charge is 2.19. The van der Waals surface area contributed by atoms with Gasteiger partial charge in [-0.3, -0.25) is 4.98 Å². The predicted molar refractivity (Wildman–Crippen MR) is 105 cm³/mol. The van der Waals surface area contributed by atoms with Crippen molar-refractivity contribution >= 4 is 10.9 Å². The molecule has 7 nitrogen and oxygen atoms in total. The van der Waals surface area contributed by atoms with E-state index >= 15 is 0 Å². The summed E-state index contributed by atoms with van der Waals surface area (Å²) in [6.45, 7) is 0. The number of pyridine rings is 2. The van der Waals surface area contributed by atoms with Gasteiger partial charge in [0.2, 0.25) is 0 Å². The van der Waals surface area contributed by atoms with Crippen LogP contribution in [0.5, 0.6) is 5.75 Å². The average molecular weight is 388 g/mol. The second-order valence-electron chi connectivity index (χ2n) is 6.44. The molecule has 1 aromatic carbocycles. The van der Waals surface area contributed by atoms with Gasteiger partial charge in [-0.2, -0.15) is 10.4 Å². The van der Waals surface area contributed by atoms with E-state index in [9.17, 15) is 4.39 Å². The fourth-order valence-corrected chi connectivity index (χ4v) is 3.20. The van der Waals surface area contributed by atoms with Gasteiger partial charge >= 0.3 is 0 Å². The zero-order valence-electron chi connectivity index (χ0n) is 15.6. The number of fused-ring (bicyclic) bond motifs is 1. The van der Waals surface area contributed by atoms with Crippen molar-refractivity contribution in [3.05, 3.63) is 77.8 Å². The minimum Gasteiger partial charge on any atom is -0.497 e. The third-order valence-corrected chi connectivity index (χ3v) is 4.62. The maximum absolute atomic E-state index is 14.2. The zero-order valence-corrected chi connectivity index (χ0v) is 15.6. The number of hydrogen-bond acceptors (Lipinski definition) is 6. The number of methoxy groups -OCH3 is 1. The molecule has 29 heavy (non-hydrogen) atoms. The lowest BCUT2D eigenvalue weighted by molar-refractivity contribution is 0.415. The Hall–Kier alpha value is -3.83. The summed E-state index contributed by atoms with van der Waals surface area (Å²) in [7, 11) is 1.61. The van der Waals surface area contributed by atoms with Gasteiger partial charge in [0.25, 0.3) is 0 Å². The van der Waals surface area contributed by atoms with Crippen LogP contribution in [-0.4, -0.2) is 26.9 Å². The largest absolute Gasteiger partial charge is 0.497 e. The quantitative estimate of drug-likeness (QED) is 0.564. The highest BCUT2D eigenvalue weighted by molar-refractivity contribution is 5.82. The Morgan fingerprint density at radius 1 is 1.28 bits per heavy atom. The molecule has 2 N–H and O–H groups in total. The molecule has 3 heterocycles. The lowest BCUT2D eigenvalue weighted by Crippen LogP contribution is -2.19. The SMILES string of the molecule is COc1ccc2c(cnn2-c2cccnc2[C@@H](N)Cc2nc(C#N)ccc2F)c1. The lowest BCUT2D eigenvalue weighted by atomic mass is 10.1. The summed E-state index contributed by atoms with van der Waals surface area (Å²) in [6.07, 6.45) is 3.46. The number of aromatic nitrogens is 4. The smallest absolute Gasteiger partial charge is 0.144 e. The Bertz CT molecular complexity index is 1230. The van der Waals surface area contributed by atoms with Gasteiger partial charge in [0.05, 0.1) is 41.9 Å². The first kappa shape index (κ1) is 18.5. The monoisotopic (exact) mass is 388 g/mol. The Morgan fingerprint density at radius 3 is 2.93 bits per heavy atom. The van der Waals surface area contributed by atoms with E-state index in [1.54, 1.807) is 30.3 Å². The van der Waals surface area contributed by atoms with E-state index in [0.717, 1.165) is 16.7 Å². The van der Waals surface area contributed by atoms with Gasteiger partial charge < -0.3 is 10.5 Å². The van der Waals surface area contributed by atoms with Crippen molar-refractivity contribution in [2.24, 2.45) is 5.73 Å². The summed E-state index contributed by atoms with van der Waals surface area (Å²) in [5.74, 6) is 0.229. The number of ether oxygens (including phenoxy) is 1. The minimum absolute atomic E-state index is 0.0956. The second kappa shape index (κ2) is 7.66. The van der Waals surface area contributed by atoms with Gasteiger partial charge in [-0.1, -0.05) is 0 Å². The van der Waals surface area contributed by atoms with Gasteiger partial charge in [-0.05, 0) is 42.5 Å². The van der Waals surface area contributed by atoms with Crippen LogP contribution in [0.1, 0.15) is 23.1 Å². The summed E-state index contributed by atoms with van der Waals surface area (Å²) in [5.41, 5.74) is 8.75. The van der Waals surface area contributed by atoms with Crippen molar-refractivity contribution in [1.29, 1.82) is 5.26 Å². The summed E-state index contributed by atoms with van der Waals surface area (Å²) in [6, 6.07) is 13.1. The molecule has 0 saturated heterocycles. The average Bonchev–Trinajstić information content (AvgIpc) is 3.18. The lowest BCUT2D eigenvalue weighted by Gasteiger charge is -2.16. The molecule has 1 atom stereocenters. The van der Waals surface area contributed by atoms with Crippen molar-refractivity contribution < 1.29 is 9.13 Å². The summed E-state index contributed by atoms with van der Waals surface area (Å²) < 4.78 is 21.2. The van der Waals surface area contributed by atoms with Crippen molar-refractivity contribution in [2.45, 2.75) is 12.5 Å². The molecule has 0 bridgehead atoms. The van der Waals surface area contributed by atoms with Gasteiger partial charge in [0, 0.05) is 18.0 Å². The Morgan fingerprint density at radius 2 is 2.14 bits per heavy atom. The number of benzene rings is 1. The molecule has 144 valence electrons. The third-order valence-electron chi connectivity index (χ3n) is 4.62. The maximum Gasteiger partial charge on any atom is 0.144 e. The zero-order chi connectivity index (χ0) is 20.4. The molecule has 4 rings (SSSR count). The van der Waals surface area contributed by atoms with Gasteiger partial charge in [-0.25, -0.2) is 14.1 Å². The van der Waals surface area contributed by atoms with Crippen molar-refractivity contribution in [2.75, 3.05) is 7.11 Å². The van der Waals surface area contributed by atoms with Crippen LogP contribution < -0.4 is 10.5 Å². The summed E-state index contributed by atoms with van der Waals surface area (Å²) in [5, 5.41) is 14.4. The van der Waals surface area contributed by atoms with Crippen molar-refractivity contribution in [1.82, 2.24) is 19.7 Å². The molecule has 3 aromatic heterocycles. The Labute approximate surface area is 166 Å². The molecule has 4 aromatic rings. The van der Waals surface area contributed by atoms with E-state index < -0.39 is 11.9 Å². The van der Waals surface area contributed by atoms with E-state index in [4.69, 9.17) is 15.7 Å². The van der Waals surface area contributed by atoms with Crippen molar-refractivity contribution in [3.8, 4) is 17.5 Å². The molecule has 0 aliphatic carbocycles. The minimum atomic E-state index is -0.639. The van der Waals surface area contributed by atoms with Crippen LogP contribution in [0.3, 0.4) is 0 Å². The number of nitrogens with two attached hydrogens (primary N) is 1. The van der Waals surface area contributed by atoms with Crippen LogP contribution in [-0.2, 0) is 6.42 Å². The normalized spacial score (nSPS) is 11.9. The number of rotatable bonds is 5. The Kier molecular flexibility index (Phi) is 4.89. The molecule has 0 saturated carbocycles. The van der Waals surface area contributed by atoms with Crippen LogP contribution in [0, 0.1) is 17.1 Å². The van der Waals surface area contributed by atoms with Gasteiger partial charge in [0.1, 0.15) is 23.3 Å². The Balaban J connectivity index is 1.73. The first-order valence-corrected chi connectivity index (χ1v) is 8.89. The second-order valence-corrected chi connectivity index (χ2v) is 6.44. The molecule has 0 aliphatic heterocycles. The van der Waals surface area contributed by atoms with E-state index in [-0.39, 0.29) is 17.8 Å². The predicted octanol–water partition coefficient (Wildman–Crippen LogP) is 3.08. The van der Waals surface area contributed by atoms with E-state index in [0.29, 0.717) is 11.4 Å². The standard InChI is InChI=1S/C21H17FN6O/c1-29-15-5-7-19-13(9-15)12-26-28(19)20-3-2-8-25-21(20)17(24)10-18-16(22)6-4-14(11-23)27-18/h2-9,12,17H,10,24H2,1H3/t17-/m0/s1. The van der Waals surface area contributed by atoms with Gasteiger partial charge in [0.15, 0.2) is 0 Å². The highest BCUT2D eigenvalue weighted by Crippen LogP contribution is 2.26. The highest BCUT2D eigenvalue weighted by atomic mass is 19.1. The molecule has 0 spiro atoms. The van der Waals surface area contributed by atoms with Crippen LogP contribution >= 0.6 is 0 Å². The molecular weight excluding hydrogens is 371 g/mol. The molecule has 0 unspecified atom stereocenters. The third kappa shape index (κ3) is 3.51. The topological polar surface area (TPSA) is 103 Å². The first-order valence-electron chi connectivity index (χ1n) is 8.89. The van der Waals surface area contributed by atoms with Gasteiger partial charge in [-0.15, -0.1) is 0 Å². The molecule has 0 fully saturated rings. The van der Waals surface area contributed by atoms with Crippen molar-refractivity contribution in [3.63, 3.8) is 0 Å². The van der Waals surface area contributed by atoms with Crippen LogP contribution in [0.15, 0.2) is 54.9 Å².